The molecule has 0 fully saturated rings. The molecule has 0 aliphatic carbocycles. The van der Waals surface area contributed by atoms with Crippen LogP contribution in [0.4, 0.5) is 5.69 Å². The lowest BCUT2D eigenvalue weighted by atomic mass is 10.3. The van der Waals surface area contributed by atoms with E-state index in [1.165, 1.54) is 0 Å². The van der Waals surface area contributed by atoms with Crippen LogP contribution in [0.3, 0.4) is 0 Å². The minimum atomic E-state index is -0.445. The SMILES string of the molecule is CCc1ccc(N)c(=O)o1. The molecule has 0 aliphatic rings. The maximum absolute atomic E-state index is 10.7. The van der Waals surface area contributed by atoms with Gasteiger partial charge in [-0.15, -0.1) is 0 Å². The van der Waals surface area contributed by atoms with Crippen LogP contribution in [0.5, 0.6) is 0 Å². The number of hydrogen-bond acceptors (Lipinski definition) is 3. The monoisotopic (exact) mass is 139 g/mol. The van der Waals surface area contributed by atoms with Gasteiger partial charge in [0, 0.05) is 6.42 Å². The largest absolute Gasteiger partial charge is 0.426 e. The van der Waals surface area contributed by atoms with E-state index in [-0.39, 0.29) is 5.69 Å². The Labute approximate surface area is 58.5 Å². The minimum absolute atomic E-state index is 0.164. The first-order chi connectivity index (χ1) is 4.74. The van der Waals surface area contributed by atoms with Gasteiger partial charge in [0.05, 0.1) is 0 Å². The fourth-order valence-electron chi connectivity index (χ4n) is 0.653. The van der Waals surface area contributed by atoms with Crippen LogP contribution in [0.25, 0.3) is 0 Å². The van der Waals surface area contributed by atoms with Gasteiger partial charge in [0.25, 0.3) is 0 Å². The molecule has 3 heteroatoms. The summed E-state index contributed by atoms with van der Waals surface area (Å²) in [5.74, 6) is 0.666. The number of anilines is 1. The van der Waals surface area contributed by atoms with Crippen LogP contribution in [-0.2, 0) is 6.42 Å². The van der Waals surface area contributed by atoms with E-state index in [2.05, 4.69) is 0 Å². The standard InChI is InChI=1S/C7H9NO2/c1-2-5-3-4-6(8)7(9)10-5/h3-4H,2,8H2,1H3. The molecule has 54 valence electrons. The van der Waals surface area contributed by atoms with Crippen LogP contribution in [0.15, 0.2) is 21.3 Å². The van der Waals surface area contributed by atoms with Crippen LogP contribution in [-0.4, -0.2) is 0 Å². The molecule has 0 saturated heterocycles. The van der Waals surface area contributed by atoms with Crippen molar-refractivity contribution in [2.45, 2.75) is 13.3 Å². The molecule has 0 spiro atoms. The van der Waals surface area contributed by atoms with Gasteiger partial charge in [0.1, 0.15) is 11.4 Å². The first-order valence-corrected chi connectivity index (χ1v) is 3.12. The van der Waals surface area contributed by atoms with Crippen LogP contribution in [0.2, 0.25) is 0 Å². The van der Waals surface area contributed by atoms with Crippen LogP contribution < -0.4 is 11.4 Å². The Morgan fingerprint density at radius 2 is 2.30 bits per heavy atom. The van der Waals surface area contributed by atoms with Crippen LogP contribution in [0.1, 0.15) is 12.7 Å². The molecule has 1 aromatic rings. The average molecular weight is 139 g/mol. The molecule has 1 heterocycles. The number of hydrogen-bond donors (Lipinski definition) is 1. The van der Waals surface area contributed by atoms with Crippen molar-refractivity contribution in [3.8, 4) is 0 Å². The van der Waals surface area contributed by atoms with Crippen molar-refractivity contribution in [2.24, 2.45) is 0 Å². The van der Waals surface area contributed by atoms with Crippen molar-refractivity contribution < 1.29 is 4.42 Å². The molecule has 3 nitrogen and oxygen atoms in total. The summed E-state index contributed by atoms with van der Waals surface area (Å²) in [6, 6.07) is 3.27. The van der Waals surface area contributed by atoms with Crippen molar-refractivity contribution in [3.05, 3.63) is 28.3 Å². The van der Waals surface area contributed by atoms with E-state index in [9.17, 15) is 4.79 Å². The molecule has 1 rings (SSSR count). The predicted molar refractivity (Wildman–Crippen MR) is 38.8 cm³/mol. The van der Waals surface area contributed by atoms with Crippen molar-refractivity contribution >= 4 is 5.69 Å². The second-order valence-corrected chi connectivity index (χ2v) is 2.00. The summed E-state index contributed by atoms with van der Waals surface area (Å²) in [6.45, 7) is 1.91. The Kier molecular flexibility index (Phi) is 1.76. The molecule has 0 radical (unpaired) electrons. The molecule has 0 saturated carbocycles. The summed E-state index contributed by atoms with van der Waals surface area (Å²) >= 11 is 0. The number of nitrogens with two attached hydrogens (primary N) is 1. The molecular formula is C7H9NO2. The summed E-state index contributed by atoms with van der Waals surface area (Å²) in [5.41, 5.74) is 4.96. The van der Waals surface area contributed by atoms with E-state index < -0.39 is 5.63 Å². The third-order valence-corrected chi connectivity index (χ3v) is 1.26. The Morgan fingerprint density at radius 3 is 2.80 bits per heavy atom. The van der Waals surface area contributed by atoms with E-state index in [0.717, 1.165) is 6.42 Å². The molecule has 0 unspecified atom stereocenters. The predicted octanol–water partition coefficient (Wildman–Crippen LogP) is 0.784. The quantitative estimate of drug-likeness (QED) is 0.625. The third-order valence-electron chi connectivity index (χ3n) is 1.26. The molecule has 0 aliphatic heterocycles. The van der Waals surface area contributed by atoms with Gasteiger partial charge in [-0.25, -0.2) is 4.79 Å². The van der Waals surface area contributed by atoms with Gasteiger partial charge in [0.2, 0.25) is 0 Å². The number of rotatable bonds is 1. The van der Waals surface area contributed by atoms with Gasteiger partial charge in [0.15, 0.2) is 0 Å². The molecular weight excluding hydrogens is 130 g/mol. The first kappa shape index (κ1) is 6.86. The summed E-state index contributed by atoms with van der Waals surface area (Å²) in [6.07, 6.45) is 0.718. The van der Waals surface area contributed by atoms with Gasteiger partial charge in [-0.3, -0.25) is 0 Å². The number of nitrogen functional groups attached to an aromatic ring is 1. The normalized spacial score (nSPS) is 9.70. The fourth-order valence-corrected chi connectivity index (χ4v) is 0.653. The highest BCUT2D eigenvalue weighted by Gasteiger charge is 1.95. The Balaban J connectivity index is 3.17. The van der Waals surface area contributed by atoms with Crippen molar-refractivity contribution in [1.29, 1.82) is 0 Å². The zero-order valence-electron chi connectivity index (χ0n) is 5.76. The fraction of sp³-hybridized carbons (Fsp3) is 0.286. The third kappa shape index (κ3) is 1.18. The van der Waals surface area contributed by atoms with Crippen LogP contribution >= 0.6 is 0 Å². The minimum Gasteiger partial charge on any atom is -0.426 e. The topological polar surface area (TPSA) is 56.2 Å². The zero-order valence-corrected chi connectivity index (χ0v) is 5.76. The molecule has 2 N–H and O–H groups in total. The van der Waals surface area contributed by atoms with Gasteiger partial charge in [-0.05, 0) is 12.1 Å². The smallest absolute Gasteiger partial charge is 0.359 e. The maximum Gasteiger partial charge on any atom is 0.359 e. The maximum atomic E-state index is 10.7. The van der Waals surface area contributed by atoms with E-state index in [4.69, 9.17) is 10.2 Å². The van der Waals surface area contributed by atoms with E-state index in [1.807, 2.05) is 6.92 Å². The molecule has 0 bridgehead atoms. The average Bonchev–Trinajstić information content (AvgIpc) is 1.95. The highest BCUT2D eigenvalue weighted by molar-refractivity contribution is 5.32. The summed E-state index contributed by atoms with van der Waals surface area (Å²) in [4.78, 5) is 10.7. The van der Waals surface area contributed by atoms with Gasteiger partial charge in [-0.2, -0.15) is 0 Å². The molecule has 0 atom stereocenters. The molecule has 0 aromatic carbocycles. The molecule has 1 aromatic heterocycles. The second kappa shape index (κ2) is 2.56. The van der Waals surface area contributed by atoms with Crippen LogP contribution in [0, 0.1) is 0 Å². The Hall–Kier alpha value is -1.25. The van der Waals surface area contributed by atoms with Crippen molar-refractivity contribution in [3.63, 3.8) is 0 Å². The van der Waals surface area contributed by atoms with E-state index >= 15 is 0 Å². The van der Waals surface area contributed by atoms with Gasteiger partial charge in [-0.1, -0.05) is 6.92 Å². The summed E-state index contributed by atoms with van der Waals surface area (Å²) < 4.78 is 4.78. The van der Waals surface area contributed by atoms with E-state index in [1.54, 1.807) is 12.1 Å². The highest BCUT2D eigenvalue weighted by Crippen LogP contribution is 1.98. The highest BCUT2D eigenvalue weighted by atomic mass is 16.4. The van der Waals surface area contributed by atoms with Gasteiger partial charge < -0.3 is 10.2 Å². The molecule has 10 heavy (non-hydrogen) atoms. The second-order valence-electron chi connectivity index (χ2n) is 2.00. The Morgan fingerprint density at radius 1 is 1.60 bits per heavy atom. The first-order valence-electron chi connectivity index (χ1n) is 3.12. The zero-order chi connectivity index (χ0) is 7.56. The lowest BCUT2D eigenvalue weighted by molar-refractivity contribution is 0.467. The summed E-state index contributed by atoms with van der Waals surface area (Å²) in [7, 11) is 0. The Bertz CT molecular complexity index is 277. The summed E-state index contributed by atoms with van der Waals surface area (Å²) in [5, 5.41) is 0. The lowest BCUT2D eigenvalue weighted by Gasteiger charge is -1.93. The van der Waals surface area contributed by atoms with Crippen molar-refractivity contribution in [1.82, 2.24) is 0 Å². The molecule has 0 amide bonds. The number of aryl methyl sites for hydroxylation is 1. The lowest BCUT2D eigenvalue weighted by Crippen LogP contribution is -2.06. The van der Waals surface area contributed by atoms with E-state index in [0.29, 0.717) is 5.76 Å². The van der Waals surface area contributed by atoms with Crippen molar-refractivity contribution in [2.75, 3.05) is 5.73 Å². The van der Waals surface area contributed by atoms with Gasteiger partial charge >= 0.3 is 5.63 Å².